The van der Waals surface area contributed by atoms with Crippen LogP contribution in [0, 0.1) is 11.2 Å². The van der Waals surface area contributed by atoms with Crippen LogP contribution in [0.5, 0.6) is 0 Å². The second-order valence-electron chi connectivity index (χ2n) is 5.50. The van der Waals surface area contributed by atoms with Gasteiger partial charge in [-0.25, -0.2) is 17.8 Å². The van der Waals surface area contributed by atoms with E-state index >= 15 is 0 Å². The fourth-order valence-electron chi connectivity index (χ4n) is 1.76. The molecule has 1 aromatic heterocycles. The molecule has 0 radical (unpaired) electrons. The summed E-state index contributed by atoms with van der Waals surface area (Å²) < 4.78 is 40.0. The summed E-state index contributed by atoms with van der Waals surface area (Å²) in [6.07, 6.45) is 1.91. The van der Waals surface area contributed by atoms with Crippen molar-refractivity contribution in [3.63, 3.8) is 0 Å². The lowest BCUT2D eigenvalue weighted by molar-refractivity contribution is 0.265. The van der Waals surface area contributed by atoms with Crippen molar-refractivity contribution in [1.82, 2.24) is 9.29 Å². The van der Waals surface area contributed by atoms with Gasteiger partial charge in [-0.1, -0.05) is 20.8 Å². The molecule has 0 aliphatic heterocycles. The third-order valence-electron chi connectivity index (χ3n) is 2.94. The SMILES string of the molecule is CCCN(CC(C)(C)CN)S(=O)(=O)c1ncccc1F. The lowest BCUT2D eigenvalue weighted by Crippen LogP contribution is -2.42. The Balaban J connectivity index is 3.17. The summed E-state index contributed by atoms with van der Waals surface area (Å²) in [5.74, 6) is -0.834. The minimum absolute atomic E-state index is 0.232. The lowest BCUT2D eigenvalue weighted by atomic mass is 9.94. The highest BCUT2D eigenvalue weighted by Crippen LogP contribution is 2.22. The number of rotatable bonds is 7. The van der Waals surface area contributed by atoms with E-state index in [0.29, 0.717) is 19.5 Å². The standard InChI is InChI=1S/C13H22FN3O2S/c1-4-8-17(10-13(2,3)9-15)20(18,19)12-11(14)6-5-7-16-12/h5-7H,4,8-10,15H2,1-3H3. The molecule has 0 fully saturated rings. The number of nitrogens with zero attached hydrogens (tertiary/aromatic N) is 2. The van der Waals surface area contributed by atoms with Gasteiger partial charge in [-0.15, -0.1) is 0 Å². The number of pyridine rings is 1. The van der Waals surface area contributed by atoms with Crippen molar-refractivity contribution in [3.8, 4) is 0 Å². The summed E-state index contributed by atoms with van der Waals surface area (Å²) in [4.78, 5) is 3.67. The monoisotopic (exact) mass is 303 g/mol. The molecule has 1 heterocycles. The quantitative estimate of drug-likeness (QED) is 0.830. The maximum atomic E-state index is 13.7. The molecule has 0 atom stereocenters. The molecule has 0 bridgehead atoms. The molecular formula is C13H22FN3O2S. The van der Waals surface area contributed by atoms with Crippen LogP contribution in [-0.2, 0) is 10.0 Å². The third-order valence-corrected chi connectivity index (χ3v) is 4.72. The van der Waals surface area contributed by atoms with E-state index < -0.39 is 20.9 Å². The van der Waals surface area contributed by atoms with Gasteiger partial charge >= 0.3 is 0 Å². The first-order valence-electron chi connectivity index (χ1n) is 6.55. The van der Waals surface area contributed by atoms with Gasteiger partial charge in [-0.05, 0) is 30.5 Å². The third kappa shape index (κ3) is 3.97. The summed E-state index contributed by atoms with van der Waals surface area (Å²) in [5, 5.41) is -0.527. The molecule has 0 unspecified atom stereocenters. The second kappa shape index (κ2) is 6.60. The van der Waals surface area contributed by atoms with Crippen molar-refractivity contribution in [2.45, 2.75) is 32.2 Å². The van der Waals surface area contributed by atoms with Crippen LogP contribution in [0.3, 0.4) is 0 Å². The largest absolute Gasteiger partial charge is 0.330 e. The molecule has 1 aromatic rings. The van der Waals surface area contributed by atoms with Crippen LogP contribution >= 0.6 is 0 Å². The van der Waals surface area contributed by atoms with Crippen molar-refractivity contribution in [1.29, 1.82) is 0 Å². The highest BCUT2D eigenvalue weighted by Gasteiger charge is 2.32. The molecule has 0 aliphatic rings. The van der Waals surface area contributed by atoms with Gasteiger partial charge in [-0.3, -0.25) is 0 Å². The Bertz CT molecular complexity index is 546. The Kier molecular flexibility index (Phi) is 5.61. The van der Waals surface area contributed by atoms with Gasteiger partial charge in [0.05, 0.1) is 0 Å². The van der Waals surface area contributed by atoms with Gasteiger partial charge in [0.1, 0.15) is 0 Å². The summed E-state index contributed by atoms with van der Waals surface area (Å²) in [6.45, 7) is 6.50. The molecule has 0 saturated heterocycles. The summed E-state index contributed by atoms with van der Waals surface area (Å²) in [5.41, 5.74) is 5.27. The Morgan fingerprint density at radius 1 is 1.45 bits per heavy atom. The van der Waals surface area contributed by atoms with Crippen molar-refractivity contribution in [3.05, 3.63) is 24.1 Å². The van der Waals surface area contributed by atoms with E-state index in [2.05, 4.69) is 4.98 Å². The van der Waals surface area contributed by atoms with Crippen molar-refractivity contribution in [2.75, 3.05) is 19.6 Å². The lowest BCUT2D eigenvalue weighted by Gasteiger charge is -2.30. The number of hydrogen-bond donors (Lipinski definition) is 1. The Morgan fingerprint density at radius 3 is 2.60 bits per heavy atom. The minimum atomic E-state index is -3.95. The molecule has 2 N–H and O–H groups in total. The van der Waals surface area contributed by atoms with Crippen LogP contribution in [0.2, 0.25) is 0 Å². The fraction of sp³-hybridized carbons (Fsp3) is 0.615. The molecular weight excluding hydrogens is 281 g/mol. The number of sulfonamides is 1. The van der Waals surface area contributed by atoms with Crippen LogP contribution in [0.25, 0.3) is 0 Å². The highest BCUT2D eigenvalue weighted by atomic mass is 32.2. The van der Waals surface area contributed by atoms with Gasteiger partial charge in [0.25, 0.3) is 10.0 Å². The van der Waals surface area contributed by atoms with Crippen LogP contribution in [0.1, 0.15) is 27.2 Å². The predicted octanol–water partition coefficient (Wildman–Crippen LogP) is 1.61. The highest BCUT2D eigenvalue weighted by molar-refractivity contribution is 7.89. The molecule has 5 nitrogen and oxygen atoms in total. The van der Waals surface area contributed by atoms with Gasteiger partial charge in [0, 0.05) is 19.3 Å². The Morgan fingerprint density at radius 2 is 2.10 bits per heavy atom. The van der Waals surface area contributed by atoms with E-state index in [-0.39, 0.29) is 12.0 Å². The molecule has 0 aromatic carbocycles. The summed E-state index contributed by atoms with van der Waals surface area (Å²) in [7, 11) is -3.95. The van der Waals surface area contributed by atoms with Gasteiger partial charge < -0.3 is 5.73 Å². The first kappa shape index (κ1) is 17.0. The predicted molar refractivity (Wildman–Crippen MR) is 76.1 cm³/mol. The van der Waals surface area contributed by atoms with E-state index in [9.17, 15) is 12.8 Å². The molecule has 114 valence electrons. The maximum absolute atomic E-state index is 13.7. The van der Waals surface area contributed by atoms with E-state index in [1.54, 1.807) is 0 Å². The molecule has 0 saturated carbocycles. The minimum Gasteiger partial charge on any atom is -0.330 e. The maximum Gasteiger partial charge on any atom is 0.263 e. The van der Waals surface area contributed by atoms with E-state index in [4.69, 9.17) is 5.73 Å². The molecule has 1 rings (SSSR count). The van der Waals surface area contributed by atoms with Gasteiger partial charge in [0.15, 0.2) is 5.82 Å². The average Bonchev–Trinajstić information content (AvgIpc) is 2.38. The van der Waals surface area contributed by atoms with E-state index in [1.165, 1.54) is 16.6 Å². The normalized spacial score (nSPS) is 12.9. The summed E-state index contributed by atoms with van der Waals surface area (Å²) >= 11 is 0. The number of nitrogens with two attached hydrogens (primary N) is 1. The molecule has 7 heteroatoms. The molecule has 0 spiro atoms. The number of halogens is 1. The molecule has 0 aliphatic carbocycles. The fourth-order valence-corrected chi connectivity index (χ4v) is 3.45. The van der Waals surface area contributed by atoms with Crippen LogP contribution in [0.15, 0.2) is 23.4 Å². The van der Waals surface area contributed by atoms with Gasteiger partial charge in [0.2, 0.25) is 5.03 Å². The smallest absolute Gasteiger partial charge is 0.263 e. The van der Waals surface area contributed by atoms with Crippen LogP contribution in [-0.4, -0.2) is 37.3 Å². The van der Waals surface area contributed by atoms with Crippen LogP contribution < -0.4 is 5.73 Å². The average molecular weight is 303 g/mol. The number of aromatic nitrogens is 1. The van der Waals surface area contributed by atoms with Crippen molar-refractivity contribution in [2.24, 2.45) is 11.1 Å². The first-order chi connectivity index (χ1) is 9.24. The molecule has 20 heavy (non-hydrogen) atoms. The topological polar surface area (TPSA) is 76.3 Å². The zero-order valence-corrected chi connectivity index (χ0v) is 13.0. The second-order valence-corrected chi connectivity index (χ2v) is 7.35. The zero-order valence-electron chi connectivity index (χ0n) is 12.1. The van der Waals surface area contributed by atoms with Crippen molar-refractivity contribution < 1.29 is 12.8 Å². The Labute approximate surface area is 120 Å². The Hall–Kier alpha value is -1.05. The van der Waals surface area contributed by atoms with Crippen LogP contribution in [0.4, 0.5) is 4.39 Å². The van der Waals surface area contributed by atoms with Crippen molar-refractivity contribution >= 4 is 10.0 Å². The first-order valence-corrected chi connectivity index (χ1v) is 7.99. The molecule has 0 amide bonds. The van der Waals surface area contributed by atoms with Gasteiger partial charge in [-0.2, -0.15) is 4.31 Å². The summed E-state index contributed by atoms with van der Waals surface area (Å²) in [6, 6.07) is 2.46. The zero-order chi connectivity index (χ0) is 15.4. The van der Waals surface area contributed by atoms with E-state index in [1.807, 2.05) is 20.8 Å². The number of hydrogen-bond acceptors (Lipinski definition) is 4. The van der Waals surface area contributed by atoms with E-state index in [0.717, 1.165) is 6.07 Å².